The van der Waals surface area contributed by atoms with Gasteiger partial charge in [-0.1, -0.05) is 29.3 Å². The highest BCUT2D eigenvalue weighted by atomic mass is 35.5. The number of halogens is 2. The van der Waals surface area contributed by atoms with Crippen molar-refractivity contribution < 1.29 is 9.90 Å². The fourth-order valence-corrected chi connectivity index (χ4v) is 1.69. The first-order valence-corrected chi connectivity index (χ1v) is 5.60. The molecular weight excluding hydrogens is 277 g/mol. The van der Waals surface area contributed by atoms with Crippen LogP contribution in [-0.2, 0) is 0 Å². The van der Waals surface area contributed by atoms with Gasteiger partial charge in [0.15, 0.2) is 10.3 Å². The number of carbonyl (C=O) groups is 1. The Morgan fingerprint density at radius 1 is 1.22 bits per heavy atom. The van der Waals surface area contributed by atoms with E-state index >= 15 is 0 Å². The summed E-state index contributed by atoms with van der Waals surface area (Å²) in [6.07, 6.45) is 1.19. The van der Waals surface area contributed by atoms with E-state index in [9.17, 15) is 9.90 Å². The molecule has 5 nitrogen and oxygen atoms in total. The van der Waals surface area contributed by atoms with Gasteiger partial charge < -0.3 is 10.4 Å². The van der Waals surface area contributed by atoms with Crippen molar-refractivity contribution in [2.75, 3.05) is 5.32 Å². The van der Waals surface area contributed by atoms with Crippen molar-refractivity contribution in [3.63, 3.8) is 0 Å². The predicted molar refractivity (Wildman–Crippen MR) is 68.1 cm³/mol. The van der Waals surface area contributed by atoms with Crippen LogP contribution < -0.4 is 5.32 Å². The van der Waals surface area contributed by atoms with Gasteiger partial charge in [0.1, 0.15) is 17.8 Å². The van der Waals surface area contributed by atoms with E-state index < -0.39 is 5.91 Å². The van der Waals surface area contributed by atoms with Crippen LogP contribution in [0.25, 0.3) is 0 Å². The van der Waals surface area contributed by atoms with Gasteiger partial charge in [0.2, 0.25) is 0 Å². The molecule has 1 aromatic carbocycles. The molecule has 2 aromatic rings. The Hall–Kier alpha value is -1.85. The van der Waals surface area contributed by atoms with E-state index in [0.717, 1.165) is 0 Å². The van der Waals surface area contributed by atoms with Crippen LogP contribution in [0.4, 0.5) is 5.69 Å². The molecule has 0 radical (unpaired) electrons. The molecule has 1 aromatic heterocycles. The molecule has 1 heterocycles. The summed E-state index contributed by atoms with van der Waals surface area (Å²) in [5.74, 6) is -0.478. The van der Waals surface area contributed by atoms with Gasteiger partial charge in [-0.25, -0.2) is 9.97 Å². The van der Waals surface area contributed by atoms with E-state index in [2.05, 4.69) is 15.3 Å². The summed E-state index contributed by atoms with van der Waals surface area (Å²) in [7, 11) is 0. The van der Waals surface area contributed by atoms with Crippen LogP contribution >= 0.6 is 23.2 Å². The van der Waals surface area contributed by atoms with E-state index in [4.69, 9.17) is 23.2 Å². The smallest absolute Gasteiger partial charge is 0.255 e. The van der Waals surface area contributed by atoms with E-state index in [1.807, 2.05) is 0 Å². The highest BCUT2D eigenvalue weighted by Gasteiger charge is 2.13. The lowest BCUT2D eigenvalue weighted by Gasteiger charge is -2.07. The van der Waals surface area contributed by atoms with Gasteiger partial charge in [-0.05, 0) is 18.2 Å². The molecule has 0 saturated heterocycles. The van der Waals surface area contributed by atoms with Crippen molar-refractivity contribution in [1.82, 2.24) is 9.97 Å². The summed E-state index contributed by atoms with van der Waals surface area (Å²) in [6, 6.07) is 5.87. The zero-order chi connectivity index (χ0) is 13.1. The topological polar surface area (TPSA) is 75.1 Å². The average molecular weight is 284 g/mol. The molecule has 1 amide bonds. The molecule has 0 unspecified atom stereocenters. The number of nitrogens with one attached hydrogen (secondary N) is 1. The molecular formula is C11H7Cl2N3O2. The zero-order valence-electron chi connectivity index (χ0n) is 8.89. The Bertz CT molecular complexity index is 584. The molecule has 2 rings (SSSR count). The van der Waals surface area contributed by atoms with Gasteiger partial charge in [0, 0.05) is 5.56 Å². The van der Waals surface area contributed by atoms with Crippen LogP contribution in [0, 0.1) is 0 Å². The Labute approximate surface area is 112 Å². The van der Waals surface area contributed by atoms with Crippen molar-refractivity contribution in [2.24, 2.45) is 0 Å². The SMILES string of the molecule is O=C(Nc1c(Cl)ncnc1Cl)c1cccc(O)c1. The number of rotatable bonds is 2. The number of phenols is 1. The van der Waals surface area contributed by atoms with Crippen LogP contribution in [-0.4, -0.2) is 21.0 Å². The molecule has 0 aliphatic heterocycles. The van der Waals surface area contributed by atoms with Crippen LogP contribution in [0.5, 0.6) is 5.75 Å². The highest BCUT2D eigenvalue weighted by molar-refractivity contribution is 6.38. The zero-order valence-corrected chi connectivity index (χ0v) is 10.4. The minimum atomic E-state index is -0.468. The van der Waals surface area contributed by atoms with Gasteiger partial charge in [-0.15, -0.1) is 0 Å². The van der Waals surface area contributed by atoms with Gasteiger partial charge in [0.25, 0.3) is 5.91 Å². The standard InChI is InChI=1S/C11H7Cl2N3O2/c12-9-8(10(13)15-5-14-9)16-11(18)6-2-1-3-7(17)4-6/h1-5,17H,(H,16,18). The molecule has 0 atom stereocenters. The molecule has 2 N–H and O–H groups in total. The van der Waals surface area contributed by atoms with Crippen LogP contribution in [0.1, 0.15) is 10.4 Å². The summed E-state index contributed by atoms with van der Waals surface area (Å²) in [4.78, 5) is 19.3. The lowest BCUT2D eigenvalue weighted by molar-refractivity contribution is 0.102. The normalized spacial score (nSPS) is 10.1. The monoisotopic (exact) mass is 283 g/mol. The third-order valence-electron chi connectivity index (χ3n) is 2.10. The second-order valence-electron chi connectivity index (χ2n) is 3.33. The maximum Gasteiger partial charge on any atom is 0.255 e. The van der Waals surface area contributed by atoms with Crippen molar-refractivity contribution in [3.05, 3.63) is 46.5 Å². The largest absolute Gasteiger partial charge is 0.508 e. The Morgan fingerprint density at radius 2 is 1.89 bits per heavy atom. The van der Waals surface area contributed by atoms with E-state index in [1.165, 1.54) is 18.5 Å². The maximum atomic E-state index is 11.9. The summed E-state index contributed by atoms with van der Waals surface area (Å²) in [5, 5.41) is 11.9. The van der Waals surface area contributed by atoms with Gasteiger partial charge in [-0.2, -0.15) is 0 Å². The molecule has 92 valence electrons. The number of amides is 1. The van der Waals surface area contributed by atoms with Crippen LogP contribution in [0.2, 0.25) is 10.3 Å². The number of aromatic nitrogens is 2. The predicted octanol–water partition coefficient (Wildman–Crippen LogP) is 2.74. The second-order valence-corrected chi connectivity index (χ2v) is 4.05. The molecule has 18 heavy (non-hydrogen) atoms. The van der Waals surface area contributed by atoms with Crippen molar-refractivity contribution >= 4 is 34.8 Å². The third-order valence-corrected chi connectivity index (χ3v) is 2.67. The quantitative estimate of drug-likeness (QED) is 0.831. The molecule has 0 aliphatic carbocycles. The highest BCUT2D eigenvalue weighted by Crippen LogP contribution is 2.26. The first kappa shape index (κ1) is 12.6. The third kappa shape index (κ3) is 2.69. The average Bonchev–Trinajstić information content (AvgIpc) is 2.34. The van der Waals surface area contributed by atoms with Crippen molar-refractivity contribution in [2.45, 2.75) is 0 Å². The number of carbonyl (C=O) groups excluding carboxylic acids is 1. The number of anilines is 1. The molecule has 7 heteroatoms. The molecule has 0 aliphatic rings. The molecule has 0 fully saturated rings. The maximum absolute atomic E-state index is 11.9. The number of benzene rings is 1. The summed E-state index contributed by atoms with van der Waals surface area (Å²) >= 11 is 11.6. The minimum absolute atomic E-state index is 0.0100. The van der Waals surface area contributed by atoms with Crippen molar-refractivity contribution in [1.29, 1.82) is 0 Å². The Kier molecular flexibility index (Phi) is 3.64. The number of aromatic hydroxyl groups is 1. The fourth-order valence-electron chi connectivity index (χ4n) is 1.28. The lowest BCUT2D eigenvalue weighted by Crippen LogP contribution is -2.13. The summed E-state index contributed by atoms with van der Waals surface area (Å²) in [6.45, 7) is 0. The first-order valence-electron chi connectivity index (χ1n) is 4.84. The van der Waals surface area contributed by atoms with Gasteiger partial charge >= 0.3 is 0 Å². The number of phenolic OH excluding ortho intramolecular Hbond substituents is 1. The molecule has 0 bridgehead atoms. The first-order chi connectivity index (χ1) is 8.58. The second kappa shape index (κ2) is 5.20. The number of hydrogen-bond acceptors (Lipinski definition) is 4. The summed E-state index contributed by atoms with van der Waals surface area (Å²) < 4.78 is 0. The molecule has 0 saturated carbocycles. The Balaban J connectivity index is 2.27. The lowest BCUT2D eigenvalue weighted by atomic mass is 10.2. The van der Waals surface area contributed by atoms with Crippen LogP contribution in [0.15, 0.2) is 30.6 Å². The fraction of sp³-hybridized carbons (Fsp3) is 0. The van der Waals surface area contributed by atoms with Crippen LogP contribution in [0.3, 0.4) is 0 Å². The Morgan fingerprint density at radius 3 is 2.50 bits per heavy atom. The van der Waals surface area contributed by atoms with Crippen molar-refractivity contribution in [3.8, 4) is 5.75 Å². The van der Waals surface area contributed by atoms with E-state index in [1.54, 1.807) is 12.1 Å². The molecule has 0 spiro atoms. The summed E-state index contributed by atoms with van der Waals surface area (Å²) in [5.41, 5.74) is 0.403. The number of nitrogens with zero attached hydrogens (tertiary/aromatic N) is 2. The van der Waals surface area contributed by atoms with E-state index in [-0.39, 0.29) is 27.3 Å². The minimum Gasteiger partial charge on any atom is -0.508 e. The number of hydrogen-bond donors (Lipinski definition) is 2. The van der Waals surface area contributed by atoms with E-state index in [0.29, 0.717) is 0 Å². The van der Waals surface area contributed by atoms with Gasteiger partial charge in [0.05, 0.1) is 0 Å². The van der Waals surface area contributed by atoms with Gasteiger partial charge in [-0.3, -0.25) is 4.79 Å².